The maximum Gasteiger partial charge on any atom is 0.272 e. The number of aryl methyl sites for hydroxylation is 1. The number of nitrogens with one attached hydrogen (secondary N) is 2. The van der Waals surface area contributed by atoms with Crippen molar-refractivity contribution in [2.24, 2.45) is 13.0 Å². The van der Waals surface area contributed by atoms with Crippen LogP contribution in [0.25, 0.3) is 10.9 Å². The van der Waals surface area contributed by atoms with E-state index in [0.29, 0.717) is 41.5 Å². The number of anilines is 3. The van der Waals surface area contributed by atoms with Crippen LogP contribution in [0.5, 0.6) is 0 Å². The zero-order chi connectivity index (χ0) is 26.1. The van der Waals surface area contributed by atoms with Gasteiger partial charge in [0.25, 0.3) is 11.5 Å². The highest BCUT2D eigenvalue weighted by molar-refractivity contribution is 6.33. The molecule has 196 valence electrons. The van der Waals surface area contributed by atoms with Gasteiger partial charge in [0.2, 0.25) is 0 Å². The lowest BCUT2D eigenvalue weighted by molar-refractivity contribution is 0.0697. The van der Waals surface area contributed by atoms with E-state index in [0.717, 1.165) is 41.5 Å². The van der Waals surface area contributed by atoms with Crippen LogP contribution in [0.1, 0.15) is 49.5 Å². The lowest BCUT2D eigenvalue weighted by atomic mass is 10.1. The summed E-state index contributed by atoms with van der Waals surface area (Å²) in [6, 6.07) is 9.69. The van der Waals surface area contributed by atoms with Crippen LogP contribution in [0.2, 0.25) is 5.02 Å². The number of pyridine rings is 2. The molecule has 3 heterocycles. The van der Waals surface area contributed by atoms with E-state index in [2.05, 4.69) is 22.5 Å². The zero-order valence-electron chi connectivity index (χ0n) is 21.6. The fourth-order valence-corrected chi connectivity index (χ4v) is 5.46. The van der Waals surface area contributed by atoms with Crippen LogP contribution in [-0.4, -0.2) is 52.7 Å². The van der Waals surface area contributed by atoms with Gasteiger partial charge in [0, 0.05) is 62.7 Å². The molecular formula is C28H34ClN5O3. The maximum absolute atomic E-state index is 13.4. The predicted molar refractivity (Wildman–Crippen MR) is 148 cm³/mol. The van der Waals surface area contributed by atoms with E-state index in [1.165, 1.54) is 19.0 Å². The number of nitrogens with zero attached hydrogens (tertiary/aromatic N) is 3. The number of carbonyl (C=O) groups is 1. The van der Waals surface area contributed by atoms with Crippen molar-refractivity contribution in [1.29, 1.82) is 0 Å². The van der Waals surface area contributed by atoms with Gasteiger partial charge in [-0.2, -0.15) is 0 Å². The molecule has 2 aliphatic rings. The molecule has 0 radical (unpaired) electrons. The normalized spacial score (nSPS) is 18.3. The van der Waals surface area contributed by atoms with Crippen molar-refractivity contribution >= 4 is 45.5 Å². The monoisotopic (exact) mass is 523 g/mol. The summed E-state index contributed by atoms with van der Waals surface area (Å²) in [7, 11) is 3.44. The number of para-hydroxylation sites is 1. The van der Waals surface area contributed by atoms with Gasteiger partial charge >= 0.3 is 0 Å². The number of methoxy groups -OCH3 is 1. The lowest BCUT2D eigenvalue weighted by Crippen LogP contribution is -2.36. The molecule has 1 saturated heterocycles. The summed E-state index contributed by atoms with van der Waals surface area (Å²) in [5.74, 6) is 0.542. The SMILES string of the molecule is COCCC1CCCN1C(=O)c1cc(Nc2cccc3c(N[C@H](C)C4CC4)cc(=O)n(C)c23)c(Cl)cn1. The van der Waals surface area contributed by atoms with Gasteiger partial charge in [-0.25, -0.2) is 4.98 Å². The van der Waals surface area contributed by atoms with Gasteiger partial charge in [0.05, 0.1) is 21.9 Å². The van der Waals surface area contributed by atoms with Gasteiger partial charge in [0.15, 0.2) is 0 Å². The van der Waals surface area contributed by atoms with Crippen molar-refractivity contribution in [3.8, 4) is 0 Å². The number of likely N-dealkylation sites (tertiary alicyclic amines) is 1. The van der Waals surface area contributed by atoms with E-state index in [-0.39, 0.29) is 17.5 Å². The first-order valence-electron chi connectivity index (χ1n) is 13.0. The molecule has 3 aromatic rings. The summed E-state index contributed by atoms with van der Waals surface area (Å²) < 4.78 is 6.86. The third-order valence-corrected chi connectivity index (χ3v) is 7.91. The van der Waals surface area contributed by atoms with Crippen LogP contribution >= 0.6 is 11.6 Å². The molecule has 1 aliphatic carbocycles. The topological polar surface area (TPSA) is 88.5 Å². The van der Waals surface area contributed by atoms with Gasteiger partial charge in [0.1, 0.15) is 5.69 Å². The van der Waals surface area contributed by atoms with Crippen LogP contribution in [0.4, 0.5) is 17.1 Å². The highest BCUT2D eigenvalue weighted by Crippen LogP contribution is 2.36. The van der Waals surface area contributed by atoms with E-state index in [9.17, 15) is 9.59 Å². The summed E-state index contributed by atoms with van der Waals surface area (Å²) in [4.78, 5) is 32.5. The Labute approximate surface area is 222 Å². The Kier molecular flexibility index (Phi) is 7.40. The summed E-state index contributed by atoms with van der Waals surface area (Å²) in [5.41, 5.74) is 3.13. The van der Waals surface area contributed by atoms with Crippen molar-refractivity contribution in [3.05, 3.63) is 57.6 Å². The Morgan fingerprint density at radius 2 is 2.03 bits per heavy atom. The van der Waals surface area contributed by atoms with Crippen LogP contribution in [0, 0.1) is 5.92 Å². The molecule has 5 rings (SSSR count). The number of ether oxygens (including phenoxy) is 1. The van der Waals surface area contributed by atoms with E-state index in [1.54, 1.807) is 30.9 Å². The molecule has 9 heteroatoms. The maximum atomic E-state index is 13.4. The first kappa shape index (κ1) is 25.5. The standard InChI is InChI=1S/C28H34ClN5O3/c1-17(18-9-10-18)31-23-15-26(35)33(2)27-20(23)7-4-8-22(27)32-24-14-25(30-16-21(24)29)28(36)34-12-5-6-19(34)11-13-37-3/h4,7-8,14-19,31H,5-6,9-13H2,1-3H3,(H,30,32)/t17-,19?/m1/s1. The Morgan fingerprint density at radius 3 is 2.78 bits per heavy atom. The Hall–Kier alpha value is -3.10. The second kappa shape index (κ2) is 10.7. The number of halogens is 1. The van der Waals surface area contributed by atoms with Crippen molar-refractivity contribution in [1.82, 2.24) is 14.5 Å². The Bertz CT molecular complexity index is 1370. The number of fused-ring (bicyclic) bond motifs is 1. The third-order valence-electron chi connectivity index (χ3n) is 7.61. The highest BCUT2D eigenvalue weighted by Gasteiger charge is 2.30. The Balaban J connectivity index is 1.47. The molecule has 2 atom stereocenters. The molecule has 1 aliphatic heterocycles. The van der Waals surface area contributed by atoms with Crippen LogP contribution in [-0.2, 0) is 11.8 Å². The largest absolute Gasteiger partial charge is 0.385 e. The van der Waals surface area contributed by atoms with Gasteiger partial charge < -0.3 is 24.8 Å². The number of hydrogen-bond acceptors (Lipinski definition) is 6. The average Bonchev–Trinajstić information content (AvgIpc) is 3.64. The first-order chi connectivity index (χ1) is 17.9. The number of benzene rings is 1. The fourth-order valence-electron chi connectivity index (χ4n) is 5.31. The average molecular weight is 524 g/mol. The van der Waals surface area contributed by atoms with Gasteiger partial charge in [-0.15, -0.1) is 0 Å². The molecule has 0 bridgehead atoms. The summed E-state index contributed by atoms with van der Waals surface area (Å²) in [5, 5.41) is 8.27. The molecule has 1 unspecified atom stereocenters. The van der Waals surface area contributed by atoms with Gasteiger partial charge in [-0.05, 0) is 57.1 Å². The minimum absolute atomic E-state index is 0.0972. The van der Waals surface area contributed by atoms with Crippen molar-refractivity contribution in [2.75, 3.05) is 30.9 Å². The molecular weight excluding hydrogens is 490 g/mol. The third kappa shape index (κ3) is 5.31. The van der Waals surface area contributed by atoms with E-state index >= 15 is 0 Å². The smallest absolute Gasteiger partial charge is 0.272 e. The molecule has 37 heavy (non-hydrogen) atoms. The molecule has 1 aromatic carbocycles. The molecule has 0 spiro atoms. The van der Waals surface area contributed by atoms with E-state index in [1.807, 2.05) is 23.1 Å². The van der Waals surface area contributed by atoms with Crippen LogP contribution in [0.15, 0.2) is 41.3 Å². The van der Waals surface area contributed by atoms with Crippen LogP contribution < -0.4 is 16.2 Å². The fraction of sp³-hybridized carbons (Fsp3) is 0.464. The van der Waals surface area contributed by atoms with Crippen LogP contribution in [0.3, 0.4) is 0 Å². The van der Waals surface area contributed by atoms with Crippen molar-refractivity contribution in [2.45, 2.75) is 51.1 Å². The van der Waals surface area contributed by atoms with E-state index in [4.69, 9.17) is 16.3 Å². The number of rotatable bonds is 9. The molecule has 1 amide bonds. The lowest BCUT2D eigenvalue weighted by Gasteiger charge is -2.24. The second-order valence-corrected chi connectivity index (χ2v) is 10.6. The number of hydrogen-bond donors (Lipinski definition) is 2. The molecule has 2 N–H and O–H groups in total. The Morgan fingerprint density at radius 1 is 1.22 bits per heavy atom. The number of carbonyl (C=O) groups excluding carboxylic acids is 1. The molecule has 8 nitrogen and oxygen atoms in total. The molecule has 2 fully saturated rings. The minimum Gasteiger partial charge on any atom is -0.385 e. The summed E-state index contributed by atoms with van der Waals surface area (Å²) in [6.07, 6.45) is 6.68. The quantitative estimate of drug-likeness (QED) is 0.401. The first-order valence-corrected chi connectivity index (χ1v) is 13.4. The molecule has 1 saturated carbocycles. The minimum atomic E-state index is -0.107. The number of amides is 1. The highest BCUT2D eigenvalue weighted by atomic mass is 35.5. The molecule has 2 aromatic heterocycles. The van der Waals surface area contributed by atoms with Gasteiger partial charge in [-0.1, -0.05) is 23.7 Å². The second-order valence-electron chi connectivity index (χ2n) is 10.2. The van der Waals surface area contributed by atoms with Crippen molar-refractivity contribution < 1.29 is 9.53 Å². The van der Waals surface area contributed by atoms with Crippen molar-refractivity contribution in [3.63, 3.8) is 0 Å². The van der Waals surface area contributed by atoms with E-state index < -0.39 is 0 Å². The summed E-state index contributed by atoms with van der Waals surface area (Å²) >= 11 is 6.52. The number of aromatic nitrogens is 2. The zero-order valence-corrected chi connectivity index (χ0v) is 22.3. The van der Waals surface area contributed by atoms with Gasteiger partial charge in [-0.3, -0.25) is 9.59 Å². The predicted octanol–water partition coefficient (Wildman–Crippen LogP) is 5.18. The summed E-state index contributed by atoms with van der Waals surface area (Å²) in [6.45, 7) is 3.49.